The SMILES string of the molecule is CCc1cc2ccc(C)cc2nc1SCC(=O)c1cc(OC)ccc1OC. The summed E-state index contributed by atoms with van der Waals surface area (Å²) in [5.41, 5.74) is 3.81. The first-order valence-corrected chi connectivity index (χ1v) is 9.82. The molecule has 1 aromatic heterocycles. The van der Waals surface area contributed by atoms with Crippen LogP contribution in [-0.2, 0) is 6.42 Å². The minimum absolute atomic E-state index is 0.0102. The summed E-state index contributed by atoms with van der Waals surface area (Å²) in [6, 6.07) is 13.7. The quantitative estimate of drug-likeness (QED) is 0.421. The first-order chi connectivity index (χ1) is 13.0. The van der Waals surface area contributed by atoms with Crippen molar-refractivity contribution in [2.24, 2.45) is 0 Å². The van der Waals surface area contributed by atoms with Gasteiger partial charge in [-0.05, 0) is 54.8 Å². The molecule has 0 atom stereocenters. The number of benzene rings is 2. The third kappa shape index (κ3) is 4.25. The van der Waals surface area contributed by atoms with Crippen molar-refractivity contribution in [2.75, 3.05) is 20.0 Å². The largest absolute Gasteiger partial charge is 0.497 e. The van der Waals surface area contributed by atoms with E-state index in [0.29, 0.717) is 22.8 Å². The molecule has 140 valence electrons. The molecule has 0 radical (unpaired) electrons. The van der Waals surface area contributed by atoms with Crippen molar-refractivity contribution in [3.8, 4) is 11.5 Å². The molecule has 0 unspecified atom stereocenters. The van der Waals surface area contributed by atoms with Crippen LogP contribution in [0.3, 0.4) is 0 Å². The highest BCUT2D eigenvalue weighted by atomic mass is 32.2. The van der Waals surface area contributed by atoms with E-state index in [1.54, 1.807) is 32.4 Å². The Labute approximate surface area is 163 Å². The molecule has 0 amide bonds. The average molecular weight is 381 g/mol. The summed E-state index contributed by atoms with van der Waals surface area (Å²) in [5, 5.41) is 2.04. The molecule has 0 saturated carbocycles. The second kappa shape index (κ2) is 8.44. The number of hydrogen-bond donors (Lipinski definition) is 0. The molecular weight excluding hydrogens is 358 g/mol. The van der Waals surface area contributed by atoms with Gasteiger partial charge in [0.15, 0.2) is 5.78 Å². The van der Waals surface area contributed by atoms with Gasteiger partial charge in [0.2, 0.25) is 0 Å². The molecule has 3 rings (SSSR count). The number of ether oxygens (including phenoxy) is 2. The third-order valence-corrected chi connectivity index (χ3v) is 5.47. The predicted molar refractivity (Wildman–Crippen MR) is 110 cm³/mol. The Balaban J connectivity index is 1.87. The summed E-state index contributed by atoms with van der Waals surface area (Å²) in [4.78, 5) is 17.6. The number of pyridine rings is 1. The summed E-state index contributed by atoms with van der Waals surface area (Å²) in [6.45, 7) is 4.16. The highest BCUT2D eigenvalue weighted by Crippen LogP contribution is 2.29. The van der Waals surface area contributed by atoms with E-state index in [1.165, 1.54) is 17.3 Å². The number of carbonyl (C=O) groups is 1. The van der Waals surface area contributed by atoms with Crippen LogP contribution in [0.5, 0.6) is 11.5 Å². The van der Waals surface area contributed by atoms with Crippen molar-refractivity contribution in [3.05, 3.63) is 59.2 Å². The van der Waals surface area contributed by atoms with Gasteiger partial charge in [-0.3, -0.25) is 4.79 Å². The number of thioether (sulfide) groups is 1. The van der Waals surface area contributed by atoms with Gasteiger partial charge < -0.3 is 9.47 Å². The van der Waals surface area contributed by atoms with Crippen LogP contribution in [0.2, 0.25) is 0 Å². The molecule has 0 bridgehead atoms. The van der Waals surface area contributed by atoms with Gasteiger partial charge in [-0.15, -0.1) is 0 Å². The fraction of sp³-hybridized carbons (Fsp3) is 0.273. The minimum atomic E-state index is -0.0102. The second-order valence-electron chi connectivity index (χ2n) is 6.28. The monoisotopic (exact) mass is 381 g/mol. The molecule has 0 spiro atoms. The molecule has 0 aliphatic rings. The van der Waals surface area contributed by atoms with Crippen molar-refractivity contribution < 1.29 is 14.3 Å². The Morgan fingerprint density at radius 1 is 1.07 bits per heavy atom. The van der Waals surface area contributed by atoms with Crippen LogP contribution in [0, 0.1) is 6.92 Å². The van der Waals surface area contributed by atoms with Crippen molar-refractivity contribution in [2.45, 2.75) is 25.3 Å². The Morgan fingerprint density at radius 2 is 1.89 bits per heavy atom. The maximum Gasteiger partial charge on any atom is 0.176 e. The highest BCUT2D eigenvalue weighted by Gasteiger charge is 2.16. The molecule has 4 nitrogen and oxygen atoms in total. The summed E-state index contributed by atoms with van der Waals surface area (Å²) in [7, 11) is 3.15. The fourth-order valence-electron chi connectivity index (χ4n) is 2.93. The summed E-state index contributed by atoms with van der Waals surface area (Å²) in [6.07, 6.45) is 0.871. The lowest BCUT2D eigenvalue weighted by Crippen LogP contribution is -2.06. The van der Waals surface area contributed by atoms with Gasteiger partial charge in [0.25, 0.3) is 0 Å². The summed E-state index contributed by atoms with van der Waals surface area (Å²) >= 11 is 1.47. The molecule has 0 saturated heterocycles. The Kier molecular flexibility index (Phi) is 6.01. The smallest absolute Gasteiger partial charge is 0.176 e. The van der Waals surface area contributed by atoms with E-state index >= 15 is 0 Å². The first kappa shape index (κ1) is 19.2. The van der Waals surface area contributed by atoms with Gasteiger partial charge in [-0.2, -0.15) is 0 Å². The maximum atomic E-state index is 12.8. The van der Waals surface area contributed by atoms with E-state index in [-0.39, 0.29) is 5.78 Å². The lowest BCUT2D eigenvalue weighted by molar-refractivity contribution is 0.101. The summed E-state index contributed by atoms with van der Waals surface area (Å²) < 4.78 is 10.6. The molecule has 0 aliphatic carbocycles. The Hall–Kier alpha value is -2.53. The van der Waals surface area contributed by atoms with Crippen LogP contribution >= 0.6 is 11.8 Å². The zero-order chi connectivity index (χ0) is 19.4. The molecule has 0 N–H and O–H groups in total. The standard InChI is InChI=1S/C22H23NO3S/c1-5-15-11-16-7-6-14(2)10-19(16)23-22(15)27-13-20(24)18-12-17(25-3)8-9-21(18)26-4/h6-12H,5,13H2,1-4H3. The second-order valence-corrected chi connectivity index (χ2v) is 7.24. The molecule has 5 heteroatoms. The molecular formula is C22H23NO3S. The Bertz CT molecular complexity index is 985. The number of ketones is 1. The number of rotatable bonds is 7. The lowest BCUT2D eigenvalue weighted by Gasteiger charge is -2.11. The van der Waals surface area contributed by atoms with Crippen LogP contribution in [0.15, 0.2) is 47.5 Å². The van der Waals surface area contributed by atoms with Gasteiger partial charge in [0.05, 0.1) is 31.1 Å². The minimum Gasteiger partial charge on any atom is -0.497 e. The van der Waals surface area contributed by atoms with E-state index in [9.17, 15) is 4.79 Å². The zero-order valence-electron chi connectivity index (χ0n) is 16.0. The third-order valence-electron chi connectivity index (χ3n) is 4.44. The van der Waals surface area contributed by atoms with Crippen LogP contribution in [0.4, 0.5) is 0 Å². The molecule has 27 heavy (non-hydrogen) atoms. The van der Waals surface area contributed by atoms with Crippen LogP contribution < -0.4 is 9.47 Å². The number of hydrogen-bond acceptors (Lipinski definition) is 5. The molecule has 1 heterocycles. The van der Waals surface area contributed by atoms with E-state index in [2.05, 4.69) is 38.1 Å². The summed E-state index contributed by atoms with van der Waals surface area (Å²) in [5.74, 6) is 1.47. The fourth-order valence-corrected chi connectivity index (χ4v) is 3.90. The molecule has 0 fully saturated rings. The van der Waals surface area contributed by atoms with Gasteiger partial charge in [-0.1, -0.05) is 30.8 Å². The van der Waals surface area contributed by atoms with Crippen molar-refractivity contribution in [3.63, 3.8) is 0 Å². The normalized spacial score (nSPS) is 10.8. The topological polar surface area (TPSA) is 48.4 Å². The number of carbonyl (C=O) groups excluding carboxylic acids is 1. The van der Waals surface area contributed by atoms with E-state index < -0.39 is 0 Å². The van der Waals surface area contributed by atoms with E-state index in [1.807, 2.05) is 0 Å². The number of aryl methyl sites for hydroxylation is 2. The first-order valence-electron chi connectivity index (χ1n) is 8.84. The highest BCUT2D eigenvalue weighted by molar-refractivity contribution is 8.00. The van der Waals surface area contributed by atoms with Crippen LogP contribution in [-0.4, -0.2) is 30.7 Å². The van der Waals surface area contributed by atoms with Gasteiger partial charge >= 0.3 is 0 Å². The molecule has 0 aliphatic heterocycles. The van der Waals surface area contributed by atoms with Crippen molar-refractivity contribution >= 4 is 28.4 Å². The predicted octanol–water partition coefficient (Wildman–Crippen LogP) is 5.10. The lowest BCUT2D eigenvalue weighted by atomic mass is 10.1. The number of fused-ring (bicyclic) bond motifs is 1. The Morgan fingerprint density at radius 3 is 2.59 bits per heavy atom. The number of aromatic nitrogens is 1. The molecule has 3 aromatic rings. The van der Waals surface area contributed by atoms with Crippen LogP contribution in [0.1, 0.15) is 28.4 Å². The number of nitrogens with zero attached hydrogens (tertiary/aromatic N) is 1. The zero-order valence-corrected chi connectivity index (χ0v) is 16.9. The van der Waals surface area contributed by atoms with Crippen molar-refractivity contribution in [1.29, 1.82) is 0 Å². The van der Waals surface area contributed by atoms with Gasteiger partial charge in [-0.25, -0.2) is 4.98 Å². The van der Waals surface area contributed by atoms with E-state index in [0.717, 1.165) is 27.9 Å². The maximum absolute atomic E-state index is 12.8. The number of methoxy groups -OCH3 is 2. The number of Topliss-reactive ketones (excluding diaryl/α,β-unsaturated/α-hetero) is 1. The van der Waals surface area contributed by atoms with Gasteiger partial charge in [0, 0.05) is 5.39 Å². The molecule has 2 aromatic carbocycles. The van der Waals surface area contributed by atoms with Gasteiger partial charge in [0.1, 0.15) is 16.5 Å². The van der Waals surface area contributed by atoms with Crippen LogP contribution in [0.25, 0.3) is 10.9 Å². The van der Waals surface area contributed by atoms with Crippen molar-refractivity contribution in [1.82, 2.24) is 4.98 Å². The van der Waals surface area contributed by atoms with E-state index in [4.69, 9.17) is 14.5 Å². The average Bonchev–Trinajstić information content (AvgIpc) is 2.70.